The number of carbonyl (C=O) groups is 2. The molecule has 0 aliphatic rings. The molecule has 0 bridgehead atoms. The molecule has 31 heavy (non-hydrogen) atoms. The first-order valence-corrected chi connectivity index (χ1v) is 8.95. The minimum atomic E-state index is -4.63. The Bertz CT molecular complexity index is 1180. The lowest BCUT2D eigenvalue weighted by Gasteiger charge is -2.11. The number of nitrogens with zero attached hydrogens (tertiary/aromatic N) is 3. The third kappa shape index (κ3) is 5.21. The van der Waals surface area contributed by atoms with E-state index < -0.39 is 30.4 Å². The Morgan fingerprint density at radius 1 is 1.19 bits per heavy atom. The number of hydrogen-bond donors (Lipinski definition) is 1. The normalized spacial score (nSPS) is 10.9. The number of aromatic nitrogens is 2. The van der Waals surface area contributed by atoms with Gasteiger partial charge >= 0.3 is 12.1 Å². The maximum atomic E-state index is 13.1. The molecule has 0 aliphatic carbocycles. The predicted octanol–water partition coefficient (Wildman–Crippen LogP) is 4.21. The van der Waals surface area contributed by atoms with Crippen LogP contribution >= 0.6 is 11.6 Å². The highest BCUT2D eigenvalue weighted by atomic mass is 35.5. The van der Waals surface area contributed by atoms with Crippen LogP contribution in [0, 0.1) is 11.3 Å². The number of nitrogens with one attached hydrogen (secondary N) is 1. The largest absolute Gasteiger partial charge is 0.452 e. The number of rotatable bonds is 5. The van der Waals surface area contributed by atoms with Gasteiger partial charge in [0.25, 0.3) is 5.91 Å². The standard InChI is InChI=1S/C20H12ClF3N4O3/c21-14-5-4-13(10-25)16(9-14)27-18(29)11-31-19(30)12-2-1-3-15(8-12)28-17(6-7-26-28)20(22,23)24/h1-9H,11H2,(H,27,29). The van der Waals surface area contributed by atoms with Gasteiger partial charge in [-0.05, 0) is 42.5 Å². The SMILES string of the molecule is N#Cc1ccc(Cl)cc1NC(=O)COC(=O)c1cccc(-n2nccc2C(F)(F)F)c1. The number of anilines is 1. The fourth-order valence-corrected chi connectivity index (χ4v) is 2.78. The third-order valence-electron chi connectivity index (χ3n) is 3.97. The Hall–Kier alpha value is -3.84. The minimum Gasteiger partial charge on any atom is -0.452 e. The van der Waals surface area contributed by atoms with E-state index in [4.69, 9.17) is 21.6 Å². The summed E-state index contributed by atoms with van der Waals surface area (Å²) in [6, 6.07) is 12.1. The molecule has 3 aromatic rings. The molecular weight excluding hydrogens is 437 g/mol. The van der Waals surface area contributed by atoms with Crippen LogP contribution in [0.15, 0.2) is 54.7 Å². The van der Waals surface area contributed by atoms with Gasteiger partial charge in [0.15, 0.2) is 6.61 Å². The Kier molecular flexibility index (Phi) is 6.27. The molecule has 0 saturated heterocycles. The highest BCUT2D eigenvalue weighted by molar-refractivity contribution is 6.31. The molecule has 1 amide bonds. The van der Waals surface area contributed by atoms with Gasteiger partial charge in [-0.2, -0.15) is 23.5 Å². The van der Waals surface area contributed by atoms with Crippen molar-refractivity contribution in [1.29, 1.82) is 5.26 Å². The van der Waals surface area contributed by atoms with Gasteiger partial charge in [-0.25, -0.2) is 9.48 Å². The minimum absolute atomic E-state index is 0.00573. The lowest BCUT2D eigenvalue weighted by Crippen LogP contribution is -2.21. The van der Waals surface area contributed by atoms with E-state index in [9.17, 15) is 22.8 Å². The van der Waals surface area contributed by atoms with Gasteiger partial charge in [-0.3, -0.25) is 4.79 Å². The predicted molar refractivity (Wildman–Crippen MR) is 104 cm³/mol. The monoisotopic (exact) mass is 448 g/mol. The second-order valence-corrected chi connectivity index (χ2v) is 6.54. The van der Waals surface area contributed by atoms with Crippen molar-refractivity contribution in [3.63, 3.8) is 0 Å². The summed E-state index contributed by atoms with van der Waals surface area (Å²) in [6.07, 6.45) is -3.64. The van der Waals surface area contributed by atoms with Gasteiger partial charge in [0, 0.05) is 5.02 Å². The Labute approximate surface area is 178 Å². The first kappa shape index (κ1) is 21.9. The number of amides is 1. The van der Waals surface area contributed by atoms with Crippen LogP contribution in [0.2, 0.25) is 5.02 Å². The molecule has 3 rings (SSSR count). The molecular formula is C20H12ClF3N4O3. The van der Waals surface area contributed by atoms with E-state index in [0.29, 0.717) is 9.70 Å². The quantitative estimate of drug-likeness (QED) is 0.590. The first-order chi connectivity index (χ1) is 14.7. The molecule has 0 radical (unpaired) electrons. The van der Waals surface area contributed by atoms with E-state index in [1.54, 1.807) is 0 Å². The average Bonchev–Trinajstić information content (AvgIpc) is 3.23. The Morgan fingerprint density at radius 3 is 2.68 bits per heavy atom. The first-order valence-electron chi connectivity index (χ1n) is 8.57. The zero-order chi connectivity index (χ0) is 22.6. The summed E-state index contributed by atoms with van der Waals surface area (Å²) >= 11 is 5.84. The van der Waals surface area contributed by atoms with Crippen LogP contribution in [0.4, 0.5) is 18.9 Å². The van der Waals surface area contributed by atoms with Gasteiger partial charge < -0.3 is 10.1 Å². The molecule has 0 saturated carbocycles. The molecule has 2 aromatic carbocycles. The average molecular weight is 449 g/mol. The molecule has 0 fully saturated rings. The summed E-state index contributed by atoms with van der Waals surface area (Å²) in [4.78, 5) is 24.3. The molecule has 1 heterocycles. The van der Waals surface area contributed by atoms with Crippen LogP contribution < -0.4 is 5.32 Å². The number of hydrogen-bond acceptors (Lipinski definition) is 5. The van der Waals surface area contributed by atoms with E-state index in [0.717, 1.165) is 18.3 Å². The van der Waals surface area contributed by atoms with E-state index in [1.165, 1.54) is 36.4 Å². The summed E-state index contributed by atoms with van der Waals surface area (Å²) in [5.74, 6) is -1.65. The van der Waals surface area contributed by atoms with Crippen LogP contribution in [0.5, 0.6) is 0 Å². The maximum Gasteiger partial charge on any atom is 0.433 e. The molecule has 0 aliphatic heterocycles. The second kappa shape index (κ2) is 8.89. The summed E-state index contributed by atoms with van der Waals surface area (Å²) in [7, 11) is 0. The van der Waals surface area contributed by atoms with Gasteiger partial charge in [-0.15, -0.1) is 0 Å². The zero-order valence-electron chi connectivity index (χ0n) is 15.5. The van der Waals surface area contributed by atoms with Gasteiger partial charge in [0.2, 0.25) is 0 Å². The van der Waals surface area contributed by atoms with Crippen molar-refractivity contribution in [2.45, 2.75) is 6.18 Å². The van der Waals surface area contributed by atoms with E-state index in [2.05, 4.69) is 10.4 Å². The van der Waals surface area contributed by atoms with E-state index in [1.807, 2.05) is 6.07 Å². The molecule has 1 N–H and O–H groups in total. The molecule has 0 unspecified atom stereocenters. The highest BCUT2D eigenvalue weighted by Gasteiger charge is 2.35. The number of alkyl halides is 3. The zero-order valence-corrected chi connectivity index (χ0v) is 16.2. The highest BCUT2D eigenvalue weighted by Crippen LogP contribution is 2.30. The Morgan fingerprint density at radius 2 is 1.97 bits per heavy atom. The Balaban J connectivity index is 1.69. The molecule has 1 aromatic heterocycles. The van der Waals surface area contributed by atoms with Crippen molar-refractivity contribution in [1.82, 2.24) is 9.78 Å². The topological polar surface area (TPSA) is 97.0 Å². The van der Waals surface area contributed by atoms with Gasteiger partial charge in [0.05, 0.1) is 28.7 Å². The number of esters is 1. The van der Waals surface area contributed by atoms with Gasteiger partial charge in [-0.1, -0.05) is 17.7 Å². The maximum absolute atomic E-state index is 13.1. The number of ether oxygens (including phenoxy) is 1. The number of nitriles is 1. The van der Waals surface area contributed by atoms with Crippen LogP contribution in [-0.4, -0.2) is 28.3 Å². The fraction of sp³-hybridized carbons (Fsp3) is 0.100. The van der Waals surface area contributed by atoms with E-state index >= 15 is 0 Å². The number of halogens is 4. The lowest BCUT2D eigenvalue weighted by atomic mass is 10.2. The van der Waals surface area contributed by atoms with Crippen LogP contribution in [0.3, 0.4) is 0 Å². The van der Waals surface area contributed by atoms with Crippen molar-refractivity contribution < 1.29 is 27.5 Å². The molecule has 158 valence electrons. The van der Waals surface area contributed by atoms with Gasteiger partial charge in [0.1, 0.15) is 11.8 Å². The van der Waals surface area contributed by atoms with Crippen LogP contribution in [0.1, 0.15) is 21.6 Å². The van der Waals surface area contributed by atoms with Crippen molar-refractivity contribution >= 4 is 29.2 Å². The lowest BCUT2D eigenvalue weighted by molar-refractivity contribution is -0.142. The van der Waals surface area contributed by atoms with Crippen molar-refractivity contribution in [2.24, 2.45) is 0 Å². The van der Waals surface area contributed by atoms with Crippen LogP contribution in [-0.2, 0) is 15.7 Å². The second-order valence-electron chi connectivity index (χ2n) is 6.10. The fourth-order valence-electron chi connectivity index (χ4n) is 2.61. The molecule has 0 atom stereocenters. The summed E-state index contributed by atoms with van der Waals surface area (Å²) in [5, 5.41) is 15.4. The van der Waals surface area contributed by atoms with E-state index in [-0.39, 0.29) is 22.5 Å². The molecule has 11 heteroatoms. The molecule has 7 nitrogen and oxygen atoms in total. The van der Waals surface area contributed by atoms with Crippen molar-refractivity contribution in [3.8, 4) is 11.8 Å². The summed E-state index contributed by atoms with van der Waals surface area (Å²) < 4.78 is 44.8. The molecule has 0 spiro atoms. The van der Waals surface area contributed by atoms with Crippen molar-refractivity contribution in [3.05, 3.63) is 76.6 Å². The van der Waals surface area contributed by atoms with Crippen LogP contribution in [0.25, 0.3) is 5.69 Å². The number of benzene rings is 2. The van der Waals surface area contributed by atoms with Crippen molar-refractivity contribution in [2.75, 3.05) is 11.9 Å². The third-order valence-corrected chi connectivity index (χ3v) is 4.21. The summed E-state index contributed by atoms with van der Waals surface area (Å²) in [6.45, 7) is -0.685. The smallest absolute Gasteiger partial charge is 0.433 e. The summed E-state index contributed by atoms with van der Waals surface area (Å²) in [5.41, 5.74) is -0.775. The number of carbonyl (C=O) groups excluding carboxylic acids is 2.